The van der Waals surface area contributed by atoms with Gasteiger partial charge in [0.25, 0.3) is 5.69 Å². The molecule has 0 fully saturated rings. The second-order valence-electron chi connectivity index (χ2n) is 3.58. The van der Waals surface area contributed by atoms with Crippen LogP contribution >= 0.6 is 15.9 Å². The number of carbonyl (C=O) groups excluding carboxylic acids is 1. The fourth-order valence-electron chi connectivity index (χ4n) is 1.14. The molecule has 0 saturated carbocycles. The van der Waals surface area contributed by atoms with Gasteiger partial charge in [-0.15, -0.1) is 0 Å². The average molecular weight is 332 g/mol. The number of aliphatic carboxylic acids is 1. The molecule has 0 aliphatic heterocycles. The van der Waals surface area contributed by atoms with E-state index in [1.165, 1.54) is 25.1 Å². The molecule has 9 heteroatoms. The summed E-state index contributed by atoms with van der Waals surface area (Å²) in [6, 6.07) is 2.03. The third-order valence-electron chi connectivity index (χ3n) is 2.13. The molecule has 2 amide bonds. The Hall–Kier alpha value is -2.16. The van der Waals surface area contributed by atoms with Crippen LogP contribution in [0.4, 0.5) is 16.2 Å². The van der Waals surface area contributed by atoms with E-state index in [2.05, 4.69) is 26.6 Å². The molecule has 1 aromatic carbocycles. The number of carboxylic acid groups (broad SMARTS) is 1. The lowest BCUT2D eigenvalue weighted by Crippen LogP contribution is -2.40. The van der Waals surface area contributed by atoms with Crippen LogP contribution in [0.25, 0.3) is 0 Å². The van der Waals surface area contributed by atoms with Gasteiger partial charge in [0.2, 0.25) is 0 Å². The Kier molecular flexibility index (Phi) is 4.81. The molecule has 0 spiro atoms. The highest BCUT2D eigenvalue weighted by Crippen LogP contribution is 2.26. The largest absolute Gasteiger partial charge is 0.480 e. The van der Waals surface area contributed by atoms with Crippen LogP contribution in [-0.2, 0) is 4.79 Å². The number of anilines is 1. The van der Waals surface area contributed by atoms with Crippen molar-refractivity contribution in [3.63, 3.8) is 0 Å². The summed E-state index contributed by atoms with van der Waals surface area (Å²) < 4.78 is 0.319. The molecule has 19 heavy (non-hydrogen) atoms. The molecule has 102 valence electrons. The van der Waals surface area contributed by atoms with Crippen LogP contribution in [0.1, 0.15) is 6.92 Å². The van der Waals surface area contributed by atoms with Crippen LogP contribution in [0.5, 0.6) is 0 Å². The predicted octanol–water partition coefficient (Wildman–Crippen LogP) is 1.95. The van der Waals surface area contributed by atoms with Gasteiger partial charge in [-0.2, -0.15) is 0 Å². The van der Waals surface area contributed by atoms with Gasteiger partial charge in [-0.1, -0.05) is 0 Å². The summed E-state index contributed by atoms with van der Waals surface area (Å²) in [5.74, 6) is -1.17. The van der Waals surface area contributed by atoms with Crippen molar-refractivity contribution >= 4 is 39.3 Å². The highest BCUT2D eigenvalue weighted by molar-refractivity contribution is 9.10. The molecular weight excluding hydrogens is 322 g/mol. The van der Waals surface area contributed by atoms with Crippen molar-refractivity contribution in [2.75, 3.05) is 5.32 Å². The molecule has 1 unspecified atom stereocenters. The molecule has 8 nitrogen and oxygen atoms in total. The lowest BCUT2D eigenvalue weighted by molar-refractivity contribution is -0.384. The standard InChI is InChI=1S/C10H10BrN3O5/c1-5(9(15)16)12-10(17)13-8-3-2-6(14(18)19)4-7(8)11/h2-5H,1H3,(H,15,16)(H2,12,13,17). The molecule has 1 rings (SSSR count). The first-order valence-corrected chi connectivity index (χ1v) is 5.85. The maximum atomic E-state index is 11.5. The van der Waals surface area contributed by atoms with Gasteiger partial charge < -0.3 is 15.7 Å². The Morgan fingerprint density at radius 1 is 1.47 bits per heavy atom. The monoisotopic (exact) mass is 331 g/mol. The summed E-state index contributed by atoms with van der Waals surface area (Å²) in [5.41, 5.74) is 0.164. The number of nitrogens with one attached hydrogen (secondary N) is 2. The smallest absolute Gasteiger partial charge is 0.325 e. The summed E-state index contributed by atoms with van der Waals surface area (Å²) >= 11 is 3.08. The second kappa shape index (κ2) is 6.14. The zero-order valence-corrected chi connectivity index (χ0v) is 11.3. The molecule has 0 aliphatic rings. The summed E-state index contributed by atoms with van der Waals surface area (Å²) in [4.78, 5) is 32.0. The number of nitro groups is 1. The number of hydrogen-bond donors (Lipinski definition) is 3. The Labute approximate surface area is 116 Å². The number of nitro benzene ring substituents is 1. The van der Waals surface area contributed by atoms with E-state index in [0.717, 1.165) is 0 Å². The fourth-order valence-corrected chi connectivity index (χ4v) is 1.60. The molecule has 0 aliphatic carbocycles. The van der Waals surface area contributed by atoms with Crippen LogP contribution in [0.2, 0.25) is 0 Å². The van der Waals surface area contributed by atoms with Gasteiger partial charge in [0.05, 0.1) is 10.6 Å². The minimum atomic E-state index is -1.17. The highest BCUT2D eigenvalue weighted by Gasteiger charge is 2.15. The molecule has 3 N–H and O–H groups in total. The molecule has 1 atom stereocenters. The van der Waals surface area contributed by atoms with E-state index in [9.17, 15) is 19.7 Å². The normalized spacial score (nSPS) is 11.5. The van der Waals surface area contributed by atoms with Crippen LogP contribution in [0.15, 0.2) is 22.7 Å². The summed E-state index contributed by atoms with van der Waals surface area (Å²) in [6.07, 6.45) is 0. The predicted molar refractivity (Wildman–Crippen MR) is 70.0 cm³/mol. The van der Waals surface area contributed by atoms with Gasteiger partial charge in [-0.25, -0.2) is 4.79 Å². The fraction of sp³-hybridized carbons (Fsp3) is 0.200. The van der Waals surface area contributed by atoms with E-state index in [1.807, 2.05) is 0 Å². The number of carbonyl (C=O) groups is 2. The molecule has 1 aromatic rings. The number of urea groups is 1. The zero-order valence-electron chi connectivity index (χ0n) is 9.71. The number of non-ortho nitro benzene ring substituents is 1. The van der Waals surface area contributed by atoms with Gasteiger partial charge in [0.1, 0.15) is 6.04 Å². The van der Waals surface area contributed by atoms with Gasteiger partial charge in [-0.05, 0) is 28.9 Å². The first-order chi connectivity index (χ1) is 8.81. The molecule has 0 aromatic heterocycles. The number of hydrogen-bond acceptors (Lipinski definition) is 4. The maximum absolute atomic E-state index is 11.5. The number of halogens is 1. The average Bonchev–Trinajstić information content (AvgIpc) is 2.31. The zero-order chi connectivity index (χ0) is 14.6. The molecule has 0 radical (unpaired) electrons. The van der Waals surface area contributed by atoms with Crippen molar-refractivity contribution in [2.24, 2.45) is 0 Å². The van der Waals surface area contributed by atoms with E-state index in [1.54, 1.807) is 0 Å². The van der Waals surface area contributed by atoms with E-state index in [-0.39, 0.29) is 5.69 Å². The number of rotatable bonds is 4. The Balaban J connectivity index is 2.75. The number of carboxylic acids is 1. The molecule has 0 heterocycles. The Morgan fingerprint density at radius 2 is 2.11 bits per heavy atom. The summed E-state index contributed by atoms with van der Waals surface area (Å²) in [5, 5.41) is 23.7. The quantitative estimate of drug-likeness (QED) is 0.575. The van der Waals surface area contributed by atoms with Crippen LogP contribution < -0.4 is 10.6 Å². The number of nitrogens with zero attached hydrogens (tertiary/aromatic N) is 1. The van der Waals surface area contributed by atoms with Crippen LogP contribution in [0, 0.1) is 10.1 Å². The van der Waals surface area contributed by atoms with Crippen molar-refractivity contribution in [1.82, 2.24) is 5.32 Å². The van der Waals surface area contributed by atoms with E-state index in [0.29, 0.717) is 10.2 Å². The topological polar surface area (TPSA) is 122 Å². The van der Waals surface area contributed by atoms with E-state index >= 15 is 0 Å². The first-order valence-electron chi connectivity index (χ1n) is 5.05. The van der Waals surface area contributed by atoms with Crippen molar-refractivity contribution in [3.05, 3.63) is 32.8 Å². The summed E-state index contributed by atoms with van der Waals surface area (Å²) in [6.45, 7) is 1.31. The minimum Gasteiger partial charge on any atom is -0.480 e. The van der Waals surface area contributed by atoms with Crippen LogP contribution in [-0.4, -0.2) is 28.1 Å². The molecule has 0 bridgehead atoms. The van der Waals surface area contributed by atoms with Crippen molar-refractivity contribution in [1.29, 1.82) is 0 Å². The van der Waals surface area contributed by atoms with E-state index in [4.69, 9.17) is 5.11 Å². The third kappa shape index (κ3) is 4.21. The van der Waals surface area contributed by atoms with Crippen molar-refractivity contribution in [3.8, 4) is 0 Å². The number of amides is 2. The maximum Gasteiger partial charge on any atom is 0.325 e. The van der Waals surface area contributed by atoms with E-state index < -0.39 is 23.0 Å². The lowest BCUT2D eigenvalue weighted by atomic mass is 10.3. The van der Waals surface area contributed by atoms with Gasteiger partial charge in [-0.3, -0.25) is 14.9 Å². The highest BCUT2D eigenvalue weighted by atomic mass is 79.9. The summed E-state index contributed by atoms with van der Waals surface area (Å²) in [7, 11) is 0. The molecular formula is C10H10BrN3O5. The lowest BCUT2D eigenvalue weighted by Gasteiger charge is -2.11. The van der Waals surface area contributed by atoms with Gasteiger partial charge >= 0.3 is 12.0 Å². The SMILES string of the molecule is CC(NC(=O)Nc1ccc([N+](=O)[O-])cc1Br)C(=O)O. The van der Waals surface area contributed by atoms with Gasteiger partial charge in [0, 0.05) is 16.6 Å². The Morgan fingerprint density at radius 3 is 2.58 bits per heavy atom. The number of benzene rings is 1. The first kappa shape index (κ1) is 14.9. The third-order valence-corrected chi connectivity index (χ3v) is 2.79. The van der Waals surface area contributed by atoms with Crippen molar-refractivity contribution in [2.45, 2.75) is 13.0 Å². The van der Waals surface area contributed by atoms with Crippen LogP contribution in [0.3, 0.4) is 0 Å². The van der Waals surface area contributed by atoms with Crippen molar-refractivity contribution < 1.29 is 19.6 Å². The second-order valence-corrected chi connectivity index (χ2v) is 4.43. The Bertz CT molecular complexity index is 534. The minimum absolute atomic E-state index is 0.128. The van der Waals surface area contributed by atoms with Gasteiger partial charge in [0.15, 0.2) is 0 Å². The molecule has 0 saturated heterocycles.